The molecule has 0 amide bonds. The van der Waals surface area contributed by atoms with E-state index in [0.717, 1.165) is 0 Å². The maximum Gasteiger partial charge on any atom is 0.310 e. The van der Waals surface area contributed by atoms with E-state index in [1.165, 1.54) is 0 Å². The maximum absolute atomic E-state index is 11.0. The Labute approximate surface area is 87.5 Å². The van der Waals surface area contributed by atoms with Crippen molar-refractivity contribution in [3.63, 3.8) is 0 Å². The van der Waals surface area contributed by atoms with Crippen LogP contribution in [0.5, 0.6) is 0 Å². The highest BCUT2D eigenvalue weighted by Gasteiger charge is 2.26. The molecular weight excluding hydrogens is 202 g/mol. The molecule has 0 radical (unpaired) electrons. The summed E-state index contributed by atoms with van der Waals surface area (Å²) in [6, 6.07) is 0. The van der Waals surface area contributed by atoms with Crippen LogP contribution in [-0.2, 0) is 15.6 Å². The molecule has 0 bridgehead atoms. The second kappa shape index (κ2) is 6.14. The fourth-order valence-electron chi connectivity index (χ4n) is 0.807. The van der Waals surface area contributed by atoms with Gasteiger partial charge in [-0.2, -0.15) is 0 Å². The molecule has 0 aliphatic carbocycles. The minimum atomic E-state index is -0.818. The molecule has 0 aromatic rings. The first-order valence-corrected chi connectivity index (χ1v) is 6.18. The second-order valence-electron chi connectivity index (χ2n) is 3.80. The molecule has 0 rings (SSSR count). The van der Waals surface area contributed by atoms with Crippen molar-refractivity contribution < 1.29 is 14.1 Å². The number of rotatable bonds is 7. The van der Waals surface area contributed by atoms with Crippen LogP contribution in [0.3, 0.4) is 0 Å². The van der Waals surface area contributed by atoms with Crippen molar-refractivity contribution in [2.45, 2.75) is 20.8 Å². The summed E-state index contributed by atoms with van der Waals surface area (Å²) >= 11 is 0. The molecule has 0 aromatic heterocycles. The topological polar surface area (TPSA) is 66.4 Å². The molecule has 0 saturated heterocycles. The van der Waals surface area contributed by atoms with Crippen molar-refractivity contribution >= 4 is 16.8 Å². The van der Waals surface area contributed by atoms with Crippen LogP contribution in [0.15, 0.2) is 0 Å². The minimum absolute atomic E-state index is 0.406. The number of carboxylic acids is 1. The Kier molecular flexibility index (Phi) is 5.95. The van der Waals surface area contributed by atoms with Gasteiger partial charge in [-0.15, -0.1) is 0 Å². The quantitative estimate of drug-likeness (QED) is 0.613. The average molecular weight is 221 g/mol. The van der Waals surface area contributed by atoms with Crippen molar-refractivity contribution in [1.82, 2.24) is 5.32 Å². The van der Waals surface area contributed by atoms with Crippen LogP contribution in [0.25, 0.3) is 0 Å². The molecule has 0 spiro atoms. The van der Waals surface area contributed by atoms with Gasteiger partial charge < -0.3 is 10.4 Å². The van der Waals surface area contributed by atoms with Gasteiger partial charge in [0.1, 0.15) is 0 Å². The molecular formula is C9H19NO3S. The molecule has 14 heavy (non-hydrogen) atoms. The third-order valence-corrected chi connectivity index (χ3v) is 3.28. The summed E-state index contributed by atoms with van der Waals surface area (Å²) in [5.41, 5.74) is -0.756. The van der Waals surface area contributed by atoms with E-state index in [1.807, 2.05) is 6.92 Å². The maximum atomic E-state index is 11.0. The highest BCUT2D eigenvalue weighted by atomic mass is 32.2. The van der Waals surface area contributed by atoms with Crippen LogP contribution in [0.4, 0.5) is 0 Å². The molecule has 0 aliphatic rings. The first-order valence-electron chi connectivity index (χ1n) is 4.69. The lowest BCUT2D eigenvalue weighted by molar-refractivity contribution is -0.146. The molecule has 84 valence electrons. The van der Waals surface area contributed by atoms with Gasteiger partial charge in [0.15, 0.2) is 0 Å². The average Bonchev–Trinajstić information content (AvgIpc) is 2.11. The van der Waals surface area contributed by atoms with E-state index in [2.05, 4.69) is 5.32 Å². The SMILES string of the molecule is CCS(=O)CCNCC(C)(C)C(=O)O. The predicted octanol–water partition coefficient (Wildman–Crippen LogP) is 0.455. The summed E-state index contributed by atoms with van der Waals surface area (Å²) in [5.74, 6) is 0.428. The van der Waals surface area contributed by atoms with Crippen LogP contribution >= 0.6 is 0 Å². The lowest BCUT2D eigenvalue weighted by Crippen LogP contribution is -2.37. The molecule has 4 nitrogen and oxygen atoms in total. The number of nitrogens with one attached hydrogen (secondary N) is 1. The van der Waals surface area contributed by atoms with E-state index in [1.54, 1.807) is 13.8 Å². The van der Waals surface area contributed by atoms with Crippen molar-refractivity contribution in [3.05, 3.63) is 0 Å². The van der Waals surface area contributed by atoms with Gasteiger partial charge in [0, 0.05) is 35.4 Å². The predicted molar refractivity (Wildman–Crippen MR) is 57.8 cm³/mol. The Morgan fingerprint density at radius 1 is 1.50 bits per heavy atom. The Balaban J connectivity index is 3.64. The lowest BCUT2D eigenvalue weighted by atomic mass is 9.94. The van der Waals surface area contributed by atoms with Crippen molar-refractivity contribution in [2.24, 2.45) is 5.41 Å². The summed E-state index contributed by atoms with van der Waals surface area (Å²) in [6.45, 7) is 6.22. The minimum Gasteiger partial charge on any atom is -0.481 e. The van der Waals surface area contributed by atoms with Gasteiger partial charge in [-0.1, -0.05) is 6.92 Å². The molecule has 0 aliphatic heterocycles. The molecule has 1 atom stereocenters. The van der Waals surface area contributed by atoms with Gasteiger partial charge in [0.25, 0.3) is 0 Å². The van der Waals surface area contributed by atoms with Crippen LogP contribution in [0.1, 0.15) is 20.8 Å². The zero-order valence-corrected chi connectivity index (χ0v) is 9.82. The van der Waals surface area contributed by atoms with Crippen molar-refractivity contribution in [1.29, 1.82) is 0 Å². The Morgan fingerprint density at radius 2 is 2.07 bits per heavy atom. The van der Waals surface area contributed by atoms with Crippen molar-refractivity contribution in [2.75, 3.05) is 24.6 Å². The number of aliphatic carboxylic acids is 1. The van der Waals surface area contributed by atoms with E-state index < -0.39 is 22.2 Å². The lowest BCUT2D eigenvalue weighted by Gasteiger charge is -2.19. The van der Waals surface area contributed by atoms with Gasteiger partial charge in [-0.05, 0) is 13.8 Å². The zero-order chi connectivity index (χ0) is 11.2. The Bertz CT molecular complexity index is 216. The monoisotopic (exact) mass is 221 g/mol. The number of hydrogen-bond donors (Lipinski definition) is 2. The van der Waals surface area contributed by atoms with Gasteiger partial charge in [0.2, 0.25) is 0 Å². The van der Waals surface area contributed by atoms with E-state index in [4.69, 9.17) is 5.11 Å². The molecule has 5 heteroatoms. The van der Waals surface area contributed by atoms with Gasteiger partial charge in [0.05, 0.1) is 5.41 Å². The molecule has 0 saturated carbocycles. The van der Waals surface area contributed by atoms with Gasteiger partial charge >= 0.3 is 5.97 Å². The Morgan fingerprint density at radius 3 is 2.50 bits per heavy atom. The van der Waals surface area contributed by atoms with E-state index in [0.29, 0.717) is 24.6 Å². The van der Waals surface area contributed by atoms with Crippen LogP contribution in [0, 0.1) is 5.41 Å². The number of carbonyl (C=O) groups is 1. The third kappa shape index (κ3) is 5.34. The second-order valence-corrected chi connectivity index (χ2v) is 5.66. The summed E-state index contributed by atoms with van der Waals surface area (Å²) in [4.78, 5) is 10.7. The summed E-state index contributed by atoms with van der Waals surface area (Å²) in [5, 5.41) is 11.8. The fourth-order valence-corrected chi connectivity index (χ4v) is 1.47. The van der Waals surface area contributed by atoms with E-state index in [-0.39, 0.29) is 0 Å². The third-order valence-electron chi connectivity index (χ3n) is 1.97. The number of hydrogen-bond acceptors (Lipinski definition) is 3. The molecule has 2 N–H and O–H groups in total. The molecule has 0 aromatic carbocycles. The van der Waals surface area contributed by atoms with Crippen LogP contribution in [-0.4, -0.2) is 39.9 Å². The highest BCUT2D eigenvalue weighted by Crippen LogP contribution is 2.12. The van der Waals surface area contributed by atoms with Crippen LogP contribution < -0.4 is 5.32 Å². The largest absolute Gasteiger partial charge is 0.481 e. The highest BCUT2D eigenvalue weighted by molar-refractivity contribution is 7.84. The zero-order valence-electron chi connectivity index (χ0n) is 9.00. The smallest absolute Gasteiger partial charge is 0.310 e. The first kappa shape index (κ1) is 13.6. The molecule has 0 fully saturated rings. The summed E-state index contributed by atoms with van der Waals surface area (Å²) in [7, 11) is -0.776. The summed E-state index contributed by atoms with van der Waals surface area (Å²) < 4.78 is 11.0. The van der Waals surface area contributed by atoms with E-state index >= 15 is 0 Å². The Hall–Kier alpha value is -0.420. The fraction of sp³-hybridized carbons (Fsp3) is 0.889. The van der Waals surface area contributed by atoms with Crippen LogP contribution in [0.2, 0.25) is 0 Å². The standard InChI is InChI=1S/C9H19NO3S/c1-4-14(13)6-5-10-7-9(2,3)8(11)12/h10H,4-7H2,1-3H3,(H,11,12). The molecule has 1 unspecified atom stereocenters. The van der Waals surface area contributed by atoms with Gasteiger partial charge in [-0.3, -0.25) is 9.00 Å². The van der Waals surface area contributed by atoms with Gasteiger partial charge in [-0.25, -0.2) is 0 Å². The van der Waals surface area contributed by atoms with E-state index in [9.17, 15) is 9.00 Å². The summed E-state index contributed by atoms with van der Waals surface area (Å²) in [6.07, 6.45) is 0. The van der Waals surface area contributed by atoms with Crippen molar-refractivity contribution in [3.8, 4) is 0 Å². The normalized spacial score (nSPS) is 13.9. The first-order chi connectivity index (χ1) is 6.40. The number of carboxylic acid groups (broad SMARTS) is 1. The molecule has 0 heterocycles.